The van der Waals surface area contributed by atoms with E-state index < -0.39 is 26.6 Å². The molecule has 1 amide bonds. The van der Waals surface area contributed by atoms with Gasteiger partial charge in [-0.15, -0.1) is 0 Å². The zero-order chi connectivity index (χ0) is 21.2. The molecule has 29 heavy (non-hydrogen) atoms. The summed E-state index contributed by atoms with van der Waals surface area (Å²) in [7, 11) is -4.09. The highest BCUT2D eigenvalue weighted by Crippen LogP contribution is 2.22. The number of aryl methyl sites for hydroxylation is 2. The molecule has 1 saturated heterocycles. The third kappa shape index (κ3) is 4.56. The number of carbonyl (C=O) groups is 1. The minimum atomic E-state index is -4.09. The van der Waals surface area contributed by atoms with Gasteiger partial charge in [0.25, 0.3) is 0 Å². The van der Waals surface area contributed by atoms with Crippen LogP contribution in [0.3, 0.4) is 0 Å². The maximum absolute atomic E-state index is 13.9. The number of nitrogens with zero attached hydrogens (tertiary/aromatic N) is 2. The number of sulfonamides is 1. The SMILES string of the molecule is Cc1cccc(C)c1NCC(=O)N1CCN(S(=O)(=O)c2ccc(F)cc2F)CC1. The van der Waals surface area contributed by atoms with Gasteiger partial charge in [-0.3, -0.25) is 4.79 Å². The molecule has 2 aromatic carbocycles. The van der Waals surface area contributed by atoms with Gasteiger partial charge in [0.1, 0.15) is 16.5 Å². The Balaban J connectivity index is 1.60. The summed E-state index contributed by atoms with van der Waals surface area (Å²) in [5.74, 6) is -2.10. The molecule has 1 N–H and O–H groups in total. The van der Waals surface area contributed by atoms with Crippen molar-refractivity contribution in [2.45, 2.75) is 18.7 Å². The Morgan fingerprint density at radius 3 is 2.24 bits per heavy atom. The van der Waals surface area contributed by atoms with Crippen LogP contribution in [-0.4, -0.2) is 56.3 Å². The fourth-order valence-electron chi connectivity index (χ4n) is 3.37. The van der Waals surface area contributed by atoms with Crippen molar-refractivity contribution in [3.8, 4) is 0 Å². The molecule has 156 valence electrons. The van der Waals surface area contributed by atoms with Crippen LogP contribution in [0.1, 0.15) is 11.1 Å². The molecule has 0 saturated carbocycles. The molecule has 6 nitrogen and oxygen atoms in total. The van der Waals surface area contributed by atoms with Gasteiger partial charge in [-0.05, 0) is 37.1 Å². The highest BCUT2D eigenvalue weighted by Gasteiger charge is 2.32. The lowest BCUT2D eigenvalue weighted by molar-refractivity contribution is -0.130. The summed E-state index contributed by atoms with van der Waals surface area (Å²) in [6, 6.07) is 8.24. The Bertz CT molecular complexity index is 999. The zero-order valence-electron chi connectivity index (χ0n) is 16.3. The summed E-state index contributed by atoms with van der Waals surface area (Å²) >= 11 is 0. The van der Waals surface area contributed by atoms with E-state index in [1.54, 1.807) is 4.90 Å². The van der Waals surface area contributed by atoms with Gasteiger partial charge in [-0.1, -0.05) is 18.2 Å². The quantitative estimate of drug-likeness (QED) is 0.803. The van der Waals surface area contributed by atoms with Crippen molar-refractivity contribution in [3.05, 3.63) is 59.2 Å². The van der Waals surface area contributed by atoms with Gasteiger partial charge >= 0.3 is 0 Å². The van der Waals surface area contributed by atoms with E-state index in [0.29, 0.717) is 6.07 Å². The molecule has 1 aliphatic heterocycles. The Kier molecular flexibility index (Phi) is 6.18. The molecule has 1 fully saturated rings. The van der Waals surface area contributed by atoms with Crippen LogP contribution < -0.4 is 5.32 Å². The maximum atomic E-state index is 13.9. The first-order valence-corrected chi connectivity index (χ1v) is 10.7. The fourth-order valence-corrected chi connectivity index (χ4v) is 4.84. The molecule has 1 heterocycles. The molecule has 0 aromatic heterocycles. The van der Waals surface area contributed by atoms with Crippen molar-refractivity contribution < 1.29 is 22.0 Å². The monoisotopic (exact) mass is 423 g/mol. The molecule has 3 rings (SSSR count). The van der Waals surface area contributed by atoms with E-state index >= 15 is 0 Å². The van der Waals surface area contributed by atoms with Crippen LogP contribution in [-0.2, 0) is 14.8 Å². The van der Waals surface area contributed by atoms with E-state index in [2.05, 4.69) is 5.32 Å². The first-order valence-electron chi connectivity index (χ1n) is 9.23. The number of piperazine rings is 1. The molecule has 0 aliphatic carbocycles. The Hall–Kier alpha value is -2.52. The number of benzene rings is 2. The Morgan fingerprint density at radius 2 is 1.66 bits per heavy atom. The van der Waals surface area contributed by atoms with Gasteiger partial charge in [0.2, 0.25) is 15.9 Å². The maximum Gasteiger partial charge on any atom is 0.246 e. The summed E-state index contributed by atoms with van der Waals surface area (Å²) in [6.45, 7) is 4.52. The van der Waals surface area contributed by atoms with Crippen molar-refractivity contribution in [1.29, 1.82) is 0 Å². The first-order chi connectivity index (χ1) is 13.7. The van der Waals surface area contributed by atoms with E-state index in [1.807, 2.05) is 32.0 Å². The lowest BCUT2D eigenvalue weighted by Crippen LogP contribution is -2.51. The fraction of sp³-hybridized carbons (Fsp3) is 0.350. The number of carbonyl (C=O) groups excluding carboxylic acids is 1. The number of rotatable bonds is 5. The van der Waals surface area contributed by atoms with Crippen LogP contribution >= 0.6 is 0 Å². The summed E-state index contributed by atoms with van der Waals surface area (Å²) in [5, 5.41) is 3.15. The van der Waals surface area contributed by atoms with Gasteiger partial charge in [0.15, 0.2) is 0 Å². The molecule has 9 heteroatoms. The molecular weight excluding hydrogens is 400 g/mol. The third-order valence-corrected chi connectivity index (χ3v) is 6.93. The number of hydrogen-bond donors (Lipinski definition) is 1. The number of hydrogen-bond acceptors (Lipinski definition) is 4. The number of amides is 1. The minimum absolute atomic E-state index is 0.0499. The van der Waals surface area contributed by atoms with Crippen LogP contribution in [0.25, 0.3) is 0 Å². The summed E-state index contributed by atoms with van der Waals surface area (Å²) < 4.78 is 53.4. The topological polar surface area (TPSA) is 69.7 Å². The number of halogens is 2. The van der Waals surface area contributed by atoms with Crippen molar-refractivity contribution in [3.63, 3.8) is 0 Å². The minimum Gasteiger partial charge on any atom is -0.376 e. The summed E-state index contributed by atoms with van der Waals surface area (Å²) in [6.07, 6.45) is 0. The molecule has 0 unspecified atom stereocenters. The standard InChI is InChI=1S/C20H23F2N3O3S/c1-14-4-3-5-15(2)20(14)23-13-19(26)24-8-10-25(11-9-24)29(27,28)18-7-6-16(21)12-17(18)22/h3-7,12,23H,8-11,13H2,1-2H3. The van der Waals surface area contributed by atoms with Crippen LogP contribution in [0.5, 0.6) is 0 Å². The molecule has 1 aliphatic rings. The van der Waals surface area contributed by atoms with Crippen LogP contribution in [0.4, 0.5) is 14.5 Å². The normalized spacial score (nSPS) is 15.4. The van der Waals surface area contributed by atoms with Crippen molar-refractivity contribution in [1.82, 2.24) is 9.21 Å². The van der Waals surface area contributed by atoms with Gasteiger partial charge < -0.3 is 10.2 Å². The lowest BCUT2D eigenvalue weighted by atomic mass is 10.1. The first kappa shape index (κ1) is 21.2. The third-order valence-electron chi connectivity index (χ3n) is 5.00. The molecule has 0 atom stereocenters. The average Bonchev–Trinajstić information content (AvgIpc) is 2.67. The summed E-state index contributed by atoms with van der Waals surface area (Å²) in [4.78, 5) is 13.5. The highest BCUT2D eigenvalue weighted by molar-refractivity contribution is 7.89. The van der Waals surface area contributed by atoms with Gasteiger partial charge in [0, 0.05) is 37.9 Å². The second kappa shape index (κ2) is 8.46. The smallest absolute Gasteiger partial charge is 0.246 e. The zero-order valence-corrected chi connectivity index (χ0v) is 17.1. The van der Waals surface area contributed by atoms with Gasteiger partial charge in [-0.25, -0.2) is 17.2 Å². The molecular formula is C20H23F2N3O3S. The van der Waals surface area contributed by atoms with Crippen molar-refractivity contribution >= 4 is 21.6 Å². The molecule has 2 aromatic rings. The number of anilines is 1. The Labute approximate surface area is 169 Å². The van der Waals surface area contributed by atoms with Crippen LogP contribution in [0, 0.1) is 25.5 Å². The number of para-hydroxylation sites is 1. The lowest BCUT2D eigenvalue weighted by Gasteiger charge is -2.34. The van der Waals surface area contributed by atoms with E-state index in [9.17, 15) is 22.0 Å². The van der Waals surface area contributed by atoms with Crippen LogP contribution in [0.15, 0.2) is 41.3 Å². The highest BCUT2D eigenvalue weighted by atomic mass is 32.2. The summed E-state index contributed by atoms with van der Waals surface area (Å²) in [5.41, 5.74) is 2.99. The van der Waals surface area contributed by atoms with E-state index in [1.165, 1.54) is 0 Å². The second-order valence-electron chi connectivity index (χ2n) is 6.98. The predicted octanol–water partition coefficient (Wildman–Crippen LogP) is 2.53. The van der Waals surface area contributed by atoms with Gasteiger partial charge in [-0.2, -0.15) is 4.31 Å². The molecule has 0 spiro atoms. The van der Waals surface area contributed by atoms with Crippen molar-refractivity contribution in [2.75, 3.05) is 38.0 Å². The predicted molar refractivity (Wildman–Crippen MR) is 106 cm³/mol. The second-order valence-corrected chi connectivity index (χ2v) is 8.89. The average molecular weight is 423 g/mol. The molecule has 0 radical (unpaired) electrons. The van der Waals surface area contributed by atoms with Crippen molar-refractivity contribution in [2.24, 2.45) is 0 Å². The van der Waals surface area contributed by atoms with Crippen LogP contribution in [0.2, 0.25) is 0 Å². The van der Waals surface area contributed by atoms with E-state index in [-0.39, 0.29) is 38.6 Å². The van der Waals surface area contributed by atoms with E-state index in [4.69, 9.17) is 0 Å². The number of nitrogens with one attached hydrogen (secondary N) is 1. The largest absolute Gasteiger partial charge is 0.376 e. The van der Waals surface area contributed by atoms with E-state index in [0.717, 1.165) is 33.3 Å². The van der Waals surface area contributed by atoms with Gasteiger partial charge in [0.05, 0.1) is 6.54 Å². The molecule has 0 bridgehead atoms. The Morgan fingerprint density at radius 1 is 1.03 bits per heavy atom.